The van der Waals surface area contributed by atoms with Crippen molar-refractivity contribution in [3.05, 3.63) is 23.9 Å². The van der Waals surface area contributed by atoms with Crippen LogP contribution in [0.5, 0.6) is 0 Å². The minimum Gasteiger partial charge on any atom is -0.355 e. The molecule has 0 radical (unpaired) electrons. The van der Waals surface area contributed by atoms with Crippen LogP contribution in [0, 0.1) is 17.2 Å². The summed E-state index contributed by atoms with van der Waals surface area (Å²) in [5.74, 6) is 1.47. The molecular formula is C13H18N4. The van der Waals surface area contributed by atoms with Gasteiger partial charge in [-0.3, -0.25) is 0 Å². The third kappa shape index (κ3) is 2.75. The largest absolute Gasteiger partial charge is 0.355 e. The lowest BCUT2D eigenvalue weighted by Gasteiger charge is -2.33. The Balaban J connectivity index is 2.14. The van der Waals surface area contributed by atoms with Gasteiger partial charge in [-0.2, -0.15) is 5.26 Å². The van der Waals surface area contributed by atoms with Gasteiger partial charge in [0.2, 0.25) is 0 Å². The predicted octanol–water partition coefficient (Wildman–Crippen LogP) is 1.52. The number of piperidine rings is 1. The van der Waals surface area contributed by atoms with Gasteiger partial charge in [0, 0.05) is 19.3 Å². The van der Waals surface area contributed by atoms with Gasteiger partial charge in [-0.25, -0.2) is 4.98 Å². The van der Waals surface area contributed by atoms with Crippen LogP contribution in [-0.2, 0) is 0 Å². The maximum atomic E-state index is 9.08. The van der Waals surface area contributed by atoms with E-state index in [0.717, 1.165) is 38.3 Å². The summed E-state index contributed by atoms with van der Waals surface area (Å²) in [5.41, 5.74) is 6.28. The minimum atomic E-state index is 0.641. The molecule has 4 heteroatoms. The number of hydrogen-bond donors (Lipinski definition) is 1. The number of nitrogens with zero attached hydrogens (tertiary/aromatic N) is 3. The zero-order valence-corrected chi connectivity index (χ0v) is 9.97. The number of rotatable bonds is 3. The van der Waals surface area contributed by atoms with E-state index in [1.165, 1.54) is 6.42 Å². The molecule has 2 N–H and O–H groups in total. The van der Waals surface area contributed by atoms with Crippen LogP contribution in [0.15, 0.2) is 18.3 Å². The van der Waals surface area contributed by atoms with Crippen LogP contribution < -0.4 is 10.6 Å². The third-order valence-electron chi connectivity index (χ3n) is 3.30. The Morgan fingerprint density at radius 1 is 1.59 bits per heavy atom. The first kappa shape index (κ1) is 11.9. The molecular weight excluding hydrogens is 212 g/mol. The fourth-order valence-electron chi connectivity index (χ4n) is 2.46. The number of aromatic nitrogens is 1. The van der Waals surface area contributed by atoms with Gasteiger partial charge in [0.1, 0.15) is 11.9 Å². The SMILES string of the molecule is N#Cc1cccnc1N1CCCC(CCN)C1. The van der Waals surface area contributed by atoms with E-state index in [1.807, 2.05) is 12.1 Å². The average molecular weight is 230 g/mol. The summed E-state index contributed by atoms with van der Waals surface area (Å²) >= 11 is 0. The summed E-state index contributed by atoms with van der Waals surface area (Å²) in [6.45, 7) is 2.71. The van der Waals surface area contributed by atoms with Gasteiger partial charge in [-0.15, -0.1) is 0 Å². The van der Waals surface area contributed by atoms with Crippen LogP contribution >= 0.6 is 0 Å². The number of anilines is 1. The Bertz CT molecular complexity index is 408. The van der Waals surface area contributed by atoms with Crippen molar-refractivity contribution in [2.45, 2.75) is 19.3 Å². The summed E-state index contributed by atoms with van der Waals surface area (Å²) in [5, 5.41) is 9.08. The van der Waals surface area contributed by atoms with Crippen molar-refractivity contribution in [1.82, 2.24) is 4.98 Å². The maximum absolute atomic E-state index is 9.08. The molecule has 1 aliphatic rings. The van der Waals surface area contributed by atoms with E-state index in [1.54, 1.807) is 6.20 Å². The summed E-state index contributed by atoms with van der Waals surface area (Å²) in [6, 6.07) is 5.85. The highest BCUT2D eigenvalue weighted by Crippen LogP contribution is 2.25. The van der Waals surface area contributed by atoms with E-state index >= 15 is 0 Å². The van der Waals surface area contributed by atoms with Crippen molar-refractivity contribution < 1.29 is 0 Å². The number of hydrogen-bond acceptors (Lipinski definition) is 4. The second-order valence-electron chi connectivity index (χ2n) is 4.52. The molecule has 90 valence electrons. The lowest BCUT2D eigenvalue weighted by atomic mass is 9.94. The Morgan fingerprint density at radius 3 is 3.24 bits per heavy atom. The summed E-state index contributed by atoms with van der Waals surface area (Å²) in [7, 11) is 0. The summed E-state index contributed by atoms with van der Waals surface area (Å²) < 4.78 is 0. The molecule has 1 aliphatic heterocycles. The molecule has 0 amide bonds. The quantitative estimate of drug-likeness (QED) is 0.855. The average Bonchev–Trinajstić information content (AvgIpc) is 2.39. The zero-order chi connectivity index (χ0) is 12.1. The molecule has 4 nitrogen and oxygen atoms in total. The molecule has 0 aromatic carbocycles. The fraction of sp³-hybridized carbons (Fsp3) is 0.538. The Morgan fingerprint density at radius 2 is 2.47 bits per heavy atom. The van der Waals surface area contributed by atoms with E-state index in [4.69, 9.17) is 11.0 Å². The number of nitrogens with two attached hydrogens (primary N) is 1. The minimum absolute atomic E-state index is 0.641. The van der Waals surface area contributed by atoms with Gasteiger partial charge in [0.25, 0.3) is 0 Å². The monoisotopic (exact) mass is 230 g/mol. The van der Waals surface area contributed by atoms with Crippen LogP contribution in [0.2, 0.25) is 0 Å². The first-order valence-electron chi connectivity index (χ1n) is 6.15. The summed E-state index contributed by atoms with van der Waals surface area (Å²) in [6.07, 6.45) is 5.21. The van der Waals surface area contributed by atoms with Gasteiger partial charge in [-0.05, 0) is 43.9 Å². The molecule has 0 spiro atoms. The van der Waals surface area contributed by atoms with Crippen molar-refractivity contribution in [2.75, 3.05) is 24.5 Å². The lowest BCUT2D eigenvalue weighted by Crippen LogP contribution is -2.37. The molecule has 2 rings (SSSR count). The second kappa shape index (κ2) is 5.65. The van der Waals surface area contributed by atoms with Crippen molar-refractivity contribution in [2.24, 2.45) is 11.7 Å². The lowest BCUT2D eigenvalue weighted by molar-refractivity contribution is 0.394. The first-order chi connectivity index (χ1) is 8.35. The smallest absolute Gasteiger partial charge is 0.146 e. The summed E-state index contributed by atoms with van der Waals surface area (Å²) in [4.78, 5) is 6.56. The van der Waals surface area contributed by atoms with Crippen molar-refractivity contribution in [3.63, 3.8) is 0 Å². The van der Waals surface area contributed by atoms with E-state index in [-0.39, 0.29) is 0 Å². The van der Waals surface area contributed by atoms with Crippen molar-refractivity contribution in [3.8, 4) is 6.07 Å². The van der Waals surface area contributed by atoms with E-state index in [9.17, 15) is 0 Å². The van der Waals surface area contributed by atoms with E-state index in [2.05, 4.69) is 16.0 Å². The number of pyridine rings is 1. The molecule has 17 heavy (non-hydrogen) atoms. The zero-order valence-electron chi connectivity index (χ0n) is 9.97. The van der Waals surface area contributed by atoms with Crippen molar-refractivity contribution >= 4 is 5.82 Å². The molecule has 1 aromatic heterocycles. The Labute approximate surface area is 102 Å². The Kier molecular flexibility index (Phi) is 3.94. The van der Waals surface area contributed by atoms with Crippen molar-refractivity contribution in [1.29, 1.82) is 5.26 Å². The van der Waals surface area contributed by atoms with Crippen LogP contribution in [0.25, 0.3) is 0 Å². The predicted molar refractivity (Wildman–Crippen MR) is 67.6 cm³/mol. The van der Waals surface area contributed by atoms with Gasteiger partial charge in [-0.1, -0.05) is 0 Å². The molecule has 1 aromatic rings. The van der Waals surface area contributed by atoms with Crippen LogP contribution in [-0.4, -0.2) is 24.6 Å². The maximum Gasteiger partial charge on any atom is 0.146 e. The molecule has 0 bridgehead atoms. The van der Waals surface area contributed by atoms with Crippen LogP contribution in [0.4, 0.5) is 5.82 Å². The topological polar surface area (TPSA) is 65.9 Å². The van der Waals surface area contributed by atoms with Gasteiger partial charge >= 0.3 is 0 Å². The highest BCUT2D eigenvalue weighted by atomic mass is 15.2. The molecule has 0 aliphatic carbocycles. The standard InChI is InChI=1S/C13H18N4/c14-6-5-11-3-2-8-17(10-11)13-12(9-15)4-1-7-16-13/h1,4,7,11H,2-3,5-6,8,10,14H2. The molecule has 1 saturated heterocycles. The normalized spacial score (nSPS) is 20.0. The van der Waals surface area contributed by atoms with Crippen LogP contribution in [0.3, 0.4) is 0 Å². The van der Waals surface area contributed by atoms with Gasteiger partial charge < -0.3 is 10.6 Å². The first-order valence-corrected chi connectivity index (χ1v) is 6.15. The molecule has 1 fully saturated rings. The highest BCUT2D eigenvalue weighted by molar-refractivity contribution is 5.53. The highest BCUT2D eigenvalue weighted by Gasteiger charge is 2.21. The molecule has 0 saturated carbocycles. The van der Waals surface area contributed by atoms with Gasteiger partial charge in [0.15, 0.2) is 0 Å². The van der Waals surface area contributed by atoms with Gasteiger partial charge in [0.05, 0.1) is 5.56 Å². The molecule has 1 unspecified atom stereocenters. The Hall–Kier alpha value is -1.60. The molecule has 2 heterocycles. The fourth-order valence-corrected chi connectivity index (χ4v) is 2.46. The third-order valence-corrected chi connectivity index (χ3v) is 3.30. The van der Waals surface area contributed by atoms with E-state index in [0.29, 0.717) is 11.5 Å². The number of nitriles is 1. The second-order valence-corrected chi connectivity index (χ2v) is 4.52. The van der Waals surface area contributed by atoms with Crippen LogP contribution in [0.1, 0.15) is 24.8 Å². The molecule has 1 atom stereocenters. The van der Waals surface area contributed by atoms with E-state index < -0.39 is 0 Å².